The topological polar surface area (TPSA) is 61.9 Å². The Kier molecular flexibility index (Phi) is 4.31. The minimum Gasteiger partial charge on any atom is -0.422 e. The molecular formula is C18H10ClF3N4O2. The summed E-state index contributed by atoms with van der Waals surface area (Å²) in [6, 6.07) is 7.37. The van der Waals surface area contributed by atoms with Crippen LogP contribution in [0.15, 0.2) is 47.5 Å². The van der Waals surface area contributed by atoms with Crippen LogP contribution in [0.1, 0.15) is 0 Å². The molecule has 28 heavy (non-hydrogen) atoms. The first kappa shape index (κ1) is 18.1. The zero-order chi connectivity index (χ0) is 20.0. The van der Waals surface area contributed by atoms with Crippen molar-refractivity contribution in [2.75, 3.05) is 0 Å². The van der Waals surface area contributed by atoms with Crippen molar-refractivity contribution in [3.63, 3.8) is 0 Å². The molecule has 0 bridgehead atoms. The molecule has 0 aliphatic carbocycles. The van der Waals surface area contributed by atoms with Gasteiger partial charge >= 0.3 is 6.01 Å². The van der Waals surface area contributed by atoms with Crippen molar-refractivity contribution in [3.8, 4) is 17.4 Å². The predicted octanol–water partition coefficient (Wildman–Crippen LogP) is 3.98. The van der Waals surface area contributed by atoms with E-state index in [1.165, 1.54) is 35.2 Å². The van der Waals surface area contributed by atoms with Gasteiger partial charge in [-0.3, -0.25) is 4.79 Å². The Balaban J connectivity index is 1.97. The molecule has 2 heterocycles. The second-order valence-corrected chi connectivity index (χ2v) is 6.25. The van der Waals surface area contributed by atoms with E-state index >= 15 is 0 Å². The maximum absolute atomic E-state index is 14.1. The standard InChI is InChI=1S/C18H10ClF3N4O2/c1-25-8-23-15-16(25)24-18(28-12-7-6-11(20)13(21)14(12)22)26(17(15)27)10-4-2-9(19)3-5-10/h2-8H,1H3. The lowest BCUT2D eigenvalue weighted by Crippen LogP contribution is -2.22. The van der Waals surface area contributed by atoms with Crippen molar-refractivity contribution in [1.82, 2.24) is 19.1 Å². The highest BCUT2D eigenvalue weighted by Gasteiger charge is 2.21. The van der Waals surface area contributed by atoms with Crippen molar-refractivity contribution in [3.05, 3.63) is 75.6 Å². The number of halogens is 4. The fourth-order valence-corrected chi connectivity index (χ4v) is 2.74. The average molecular weight is 407 g/mol. The first-order valence-electron chi connectivity index (χ1n) is 7.88. The number of rotatable bonds is 3. The highest BCUT2D eigenvalue weighted by atomic mass is 35.5. The smallest absolute Gasteiger partial charge is 0.311 e. The Morgan fingerprint density at radius 1 is 1.04 bits per heavy atom. The molecule has 0 N–H and O–H groups in total. The van der Waals surface area contributed by atoms with Gasteiger partial charge in [0.1, 0.15) is 0 Å². The van der Waals surface area contributed by atoms with E-state index in [1.54, 1.807) is 7.05 Å². The summed E-state index contributed by atoms with van der Waals surface area (Å²) in [4.78, 5) is 21.2. The molecule has 0 radical (unpaired) electrons. The summed E-state index contributed by atoms with van der Waals surface area (Å²) >= 11 is 5.88. The van der Waals surface area contributed by atoms with Crippen LogP contribution >= 0.6 is 11.6 Å². The molecule has 0 saturated carbocycles. The Labute approximate surface area is 160 Å². The molecule has 0 amide bonds. The summed E-state index contributed by atoms with van der Waals surface area (Å²) < 4.78 is 48.7. The van der Waals surface area contributed by atoms with Crippen molar-refractivity contribution >= 4 is 22.8 Å². The quantitative estimate of drug-likeness (QED) is 0.483. The van der Waals surface area contributed by atoms with Gasteiger partial charge in [0.25, 0.3) is 5.56 Å². The van der Waals surface area contributed by atoms with Gasteiger partial charge in [-0.25, -0.2) is 18.3 Å². The molecule has 0 unspecified atom stereocenters. The largest absolute Gasteiger partial charge is 0.422 e. The first-order valence-corrected chi connectivity index (χ1v) is 8.26. The molecule has 0 fully saturated rings. The van der Waals surface area contributed by atoms with Gasteiger partial charge in [0.2, 0.25) is 5.82 Å². The number of benzene rings is 2. The third kappa shape index (κ3) is 2.89. The van der Waals surface area contributed by atoms with Crippen LogP contribution in [0.3, 0.4) is 0 Å². The third-order valence-electron chi connectivity index (χ3n) is 3.99. The number of aromatic nitrogens is 4. The Hall–Kier alpha value is -3.33. The number of hydrogen-bond acceptors (Lipinski definition) is 4. The van der Waals surface area contributed by atoms with Gasteiger partial charge in [0, 0.05) is 12.1 Å². The summed E-state index contributed by atoms with van der Waals surface area (Å²) in [7, 11) is 1.61. The highest BCUT2D eigenvalue weighted by Crippen LogP contribution is 2.28. The van der Waals surface area contributed by atoms with E-state index < -0.39 is 28.8 Å². The maximum Gasteiger partial charge on any atom is 0.311 e. The fraction of sp³-hybridized carbons (Fsp3) is 0.0556. The number of nitrogens with zero attached hydrogens (tertiary/aromatic N) is 4. The third-order valence-corrected chi connectivity index (χ3v) is 4.24. The molecule has 6 nitrogen and oxygen atoms in total. The summed E-state index contributed by atoms with van der Waals surface area (Å²) in [5, 5.41) is 0.429. The van der Waals surface area contributed by atoms with Gasteiger partial charge in [-0.1, -0.05) is 11.6 Å². The summed E-state index contributed by atoms with van der Waals surface area (Å²) in [6.07, 6.45) is 1.38. The molecule has 0 atom stereocenters. The molecule has 10 heteroatoms. The van der Waals surface area contributed by atoms with E-state index in [-0.39, 0.29) is 17.2 Å². The Morgan fingerprint density at radius 2 is 1.75 bits per heavy atom. The van der Waals surface area contributed by atoms with Crippen LogP contribution < -0.4 is 10.3 Å². The van der Waals surface area contributed by atoms with Crippen LogP contribution in [0.5, 0.6) is 11.8 Å². The van der Waals surface area contributed by atoms with Crippen LogP contribution in [-0.2, 0) is 7.05 Å². The second-order valence-electron chi connectivity index (χ2n) is 5.81. The summed E-state index contributed by atoms with van der Waals surface area (Å²) in [5.74, 6) is -5.23. The predicted molar refractivity (Wildman–Crippen MR) is 95.5 cm³/mol. The minimum absolute atomic E-state index is 0.0514. The molecule has 4 rings (SSSR count). The zero-order valence-electron chi connectivity index (χ0n) is 14.2. The van der Waals surface area contributed by atoms with Crippen LogP contribution in [0.2, 0.25) is 5.02 Å². The molecule has 0 aliphatic rings. The number of hydrogen-bond donors (Lipinski definition) is 0. The molecule has 2 aromatic carbocycles. The van der Waals surface area contributed by atoms with Crippen molar-refractivity contribution in [2.45, 2.75) is 0 Å². The Bertz CT molecular complexity index is 1270. The van der Waals surface area contributed by atoms with E-state index in [0.29, 0.717) is 16.8 Å². The van der Waals surface area contributed by atoms with Crippen molar-refractivity contribution < 1.29 is 17.9 Å². The summed E-state index contributed by atoms with van der Waals surface area (Å²) in [5.41, 5.74) is -0.0536. The van der Waals surface area contributed by atoms with Crippen LogP contribution in [0.25, 0.3) is 16.9 Å². The van der Waals surface area contributed by atoms with E-state index in [9.17, 15) is 18.0 Å². The lowest BCUT2D eigenvalue weighted by molar-refractivity contribution is 0.371. The number of imidazole rings is 1. The van der Waals surface area contributed by atoms with Gasteiger partial charge in [-0.2, -0.15) is 9.37 Å². The average Bonchev–Trinajstić information content (AvgIpc) is 3.05. The number of aryl methyl sites for hydroxylation is 1. The van der Waals surface area contributed by atoms with E-state index in [1.807, 2.05) is 0 Å². The second kappa shape index (κ2) is 6.68. The van der Waals surface area contributed by atoms with E-state index in [2.05, 4.69) is 9.97 Å². The molecule has 0 aliphatic heterocycles. The molecule has 2 aromatic heterocycles. The molecule has 0 spiro atoms. The Morgan fingerprint density at radius 3 is 2.46 bits per heavy atom. The van der Waals surface area contributed by atoms with Gasteiger partial charge in [0.05, 0.1) is 12.0 Å². The minimum atomic E-state index is -1.69. The van der Waals surface area contributed by atoms with E-state index in [0.717, 1.165) is 10.6 Å². The van der Waals surface area contributed by atoms with Gasteiger partial charge in [0.15, 0.2) is 28.5 Å². The first-order chi connectivity index (χ1) is 13.4. The fourth-order valence-electron chi connectivity index (χ4n) is 2.61. The van der Waals surface area contributed by atoms with Gasteiger partial charge in [-0.15, -0.1) is 0 Å². The van der Waals surface area contributed by atoms with E-state index in [4.69, 9.17) is 16.3 Å². The molecule has 142 valence electrons. The SMILES string of the molecule is Cn1cnc2c(=O)n(-c3ccc(Cl)cc3)c(Oc3ccc(F)c(F)c3F)nc21. The lowest BCUT2D eigenvalue weighted by Gasteiger charge is -2.13. The lowest BCUT2D eigenvalue weighted by atomic mass is 10.3. The molecular weight excluding hydrogens is 397 g/mol. The monoisotopic (exact) mass is 406 g/mol. The van der Waals surface area contributed by atoms with Crippen LogP contribution in [-0.4, -0.2) is 19.1 Å². The number of ether oxygens (including phenoxy) is 1. The highest BCUT2D eigenvalue weighted by molar-refractivity contribution is 6.30. The van der Waals surface area contributed by atoms with Crippen LogP contribution in [0, 0.1) is 17.5 Å². The van der Waals surface area contributed by atoms with Gasteiger partial charge < -0.3 is 9.30 Å². The van der Waals surface area contributed by atoms with Gasteiger partial charge in [-0.05, 0) is 36.4 Å². The maximum atomic E-state index is 14.1. The zero-order valence-corrected chi connectivity index (χ0v) is 14.9. The van der Waals surface area contributed by atoms with Crippen molar-refractivity contribution in [2.24, 2.45) is 7.05 Å². The molecule has 0 saturated heterocycles. The number of fused-ring (bicyclic) bond motifs is 1. The van der Waals surface area contributed by atoms with Crippen LogP contribution in [0.4, 0.5) is 13.2 Å². The summed E-state index contributed by atoms with van der Waals surface area (Å²) in [6.45, 7) is 0. The molecule has 4 aromatic rings. The normalized spacial score (nSPS) is 11.2. The van der Waals surface area contributed by atoms with Crippen molar-refractivity contribution in [1.29, 1.82) is 0 Å².